The van der Waals surface area contributed by atoms with E-state index in [1.807, 2.05) is 26.8 Å². The Morgan fingerprint density at radius 3 is 2.60 bits per heavy atom. The van der Waals surface area contributed by atoms with Gasteiger partial charge in [-0.3, -0.25) is 9.59 Å². The van der Waals surface area contributed by atoms with Crippen LogP contribution in [0.25, 0.3) is 5.76 Å². The molecule has 2 aromatic carbocycles. The molecule has 8 heteroatoms. The molecule has 2 heterocycles. The smallest absolute Gasteiger partial charge is 0.295 e. The number of fused-ring (bicyclic) bond motifs is 1. The lowest BCUT2D eigenvalue weighted by atomic mass is 9.94. The van der Waals surface area contributed by atoms with Crippen LogP contribution in [0.2, 0.25) is 0 Å². The number of likely N-dealkylation sites (tertiary alicyclic amines) is 1. The number of phenolic OH excluding ortho intramolecular Hbond substituents is 1. The van der Waals surface area contributed by atoms with E-state index in [2.05, 4.69) is 4.90 Å². The molecule has 1 saturated heterocycles. The Hall–Kier alpha value is -3.52. The maximum absolute atomic E-state index is 13.3. The molecule has 1 amide bonds. The van der Waals surface area contributed by atoms with Gasteiger partial charge in [-0.15, -0.1) is 0 Å². The average molecular weight is 481 g/mol. The van der Waals surface area contributed by atoms with Crippen molar-refractivity contribution in [1.29, 1.82) is 0 Å². The van der Waals surface area contributed by atoms with Gasteiger partial charge >= 0.3 is 0 Å². The summed E-state index contributed by atoms with van der Waals surface area (Å²) in [5.74, 6) is -0.690. The maximum atomic E-state index is 13.3. The molecule has 2 N–H and O–H groups in total. The number of rotatable bonds is 8. The number of hydrogen-bond acceptors (Lipinski definition) is 7. The fourth-order valence-electron chi connectivity index (χ4n) is 4.84. The summed E-state index contributed by atoms with van der Waals surface area (Å²) in [5.41, 5.74) is 1.99. The predicted octanol–water partition coefficient (Wildman–Crippen LogP) is 3.49. The minimum absolute atomic E-state index is 0.0224. The minimum atomic E-state index is -0.816. The van der Waals surface area contributed by atoms with Crippen molar-refractivity contribution in [3.05, 3.63) is 58.7 Å². The van der Waals surface area contributed by atoms with Gasteiger partial charge in [0.05, 0.1) is 18.7 Å². The fraction of sp³-hybridized carbons (Fsp3) is 0.407. The lowest BCUT2D eigenvalue weighted by molar-refractivity contribution is -0.140. The number of phenols is 1. The summed E-state index contributed by atoms with van der Waals surface area (Å²) < 4.78 is 11.0. The van der Waals surface area contributed by atoms with Gasteiger partial charge in [0.25, 0.3) is 11.7 Å². The summed E-state index contributed by atoms with van der Waals surface area (Å²) in [6.07, 6.45) is 0.741. The topological polar surface area (TPSA) is 99.5 Å². The largest absolute Gasteiger partial charge is 0.507 e. The standard InChI is InChI=1S/C27H32N2O6/c1-5-28(6-2)11-12-29-24(17-7-9-20(30)22(15-17)34-4)23(26(32)27(29)33)25(31)18-8-10-21-19(14-18)13-16(3)35-21/h7-10,14-16,24,30-31H,5-6,11-13H2,1-4H3. The van der Waals surface area contributed by atoms with Gasteiger partial charge in [0.1, 0.15) is 17.6 Å². The number of carbonyl (C=O) groups is 2. The first-order valence-corrected chi connectivity index (χ1v) is 12.0. The fourth-order valence-corrected chi connectivity index (χ4v) is 4.84. The number of ketones is 1. The third-order valence-electron chi connectivity index (χ3n) is 6.78. The Balaban J connectivity index is 1.81. The molecular weight excluding hydrogens is 448 g/mol. The van der Waals surface area contributed by atoms with E-state index in [1.54, 1.807) is 24.3 Å². The number of hydrogen-bond donors (Lipinski definition) is 2. The number of amides is 1. The second-order valence-corrected chi connectivity index (χ2v) is 8.91. The number of aliphatic hydroxyl groups excluding tert-OH is 1. The number of carbonyl (C=O) groups excluding carboxylic acids is 2. The van der Waals surface area contributed by atoms with Gasteiger partial charge in [-0.1, -0.05) is 19.9 Å². The van der Waals surface area contributed by atoms with Crippen molar-refractivity contribution in [2.24, 2.45) is 0 Å². The number of methoxy groups -OCH3 is 1. The van der Waals surface area contributed by atoms with E-state index >= 15 is 0 Å². The van der Waals surface area contributed by atoms with E-state index in [1.165, 1.54) is 18.1 Å². The third-order valence-corrected chi connectivity index (χ3v) is 6.78. The third kappa shape index (κ3) is 4.58. The van der Waals surface area contributed by atoms with Crippen LogP contribution in [0.3, 0.4) is 0 Å². The van der Waals surface area contributed by atoms with Gasteiger partial charge in [-0.05, 0) is 61.5 Å². The number of nitrogens with zero attached hydrogens (tertiary/aromatic N) is 2. The van der Waals surface area contributed by atoms with Crippen molar-refractivity contribution < 1.29 is 29.3 Å². The van der Waals surface area contributed by atoms with Crippen molar-refractivity contribution in [1.82, 2.24) is 9.80 Å². The Labute approximate surface area is 205 Å². The van der Waals surface area contributed by atoms with Crippen molar-refractivity contribution in [3.8, 4) is 17.2 Å². The number of ether oxygens (including phenoxy) is 2. The summed E-state index contributed by atoms with van der Waals surface area (Å²) in [7, 11) is 1.43. The van der Waals surface area contributed by atoms with E-state index in [-0.39, 0.29) is 28.9 Å². The summed E-state index contributed by atoms with van der Waals surface area (Å²) in [6, 6.07) is 9.18. The minimum Gasteiger partial charge on any atom is -0.507 e. The molecule has 0 saturated carbocycles. The van der Waals surface area contributed by atoms with Crippen LogP contribution >= 0.6 is 0 Å². The second kappa shape index (κ2) is 10.00. The molecule has 2 aromatic rings. The molecular formula is C27H32N2O6. The van der Waals surface area contributed by atoms with Crippen molar-refractivity contribution in [3.63, 3.8) is 0 Å². The van der Waals surface area contributed by atoms with Crippen LogP contribution in [0.15, 0.2) is 42.0 Å². The van der Waals surface area contributed by atoms with E-state index < -0.39 is 17.7 Å². The van der Waals surface area contributed by atoms with Crippen LogP contribution in [0.1, 0.15) is 43.5 Å². The zero-order valence-electron chi connectivity index (χ0n) is 20.6. The van der Waals surface area contributed by atoms with Crippen LogP contribution in [0.5, 0.6) is 17.2 Å². The Morgan fingerprint density at radius 2 is 1.91 bits per heavy atom. The summed E-state index contributed by atoms with van der Waals surface area (Å²) in [6.45, 7) is 8.57. The van der Waals surface area contributed by atoms with Gasteiger partial charge in [-0.25, -0.2) is 0 Å². The molecule has 0 bridgehead atoms. The van der Waals surface area contributed by atoms with Crippen LogP contribution in [-0.2, 0) is 16.0 Å². The SMILES string of the molecule is CCN(CC)CCN1C(=O)C(=O)C(=C(O)c2ccc3c(c2)CC(C)O3)C1c1ccc(O)c(OC)c1. The molecule has 0 spiro atoms. The lowest BCUT2D eigenvalue weighted by Crippen LogP contribution is -2.38. The Kier molecular flexibility index (Phi) is 7.03. The molecule has 2 unspecified atom stereocenters. The predicted molar refractivity (Wildman–Crippen MR) is 132 cm³/mol. The maximum Gasteiger partial charge on any atom is 0.295 e. The molecule has 1 fully saturated rings. The van der Waals surface area contributed by atoms with E-state index in [0.717, 1.165) is 24.4 Å². The van der Waals surface area contributed by atoms with Crippen LogP contribution in [0, 0.1) is 0 Å². The van der Waals surface area contributed by atoms with Gasteiger partial charge in [0.15, 0.2) is 11.5 Å². The normalized spacial score (nSPS) is 20.9. The highest BCUT2D eigenvalue weighted by Gasteiger charge is 2.46. The average Bonchev–Trinajstić information content (AvgIpc) is 3.35. The molecule has 8 nitrogen and oxygen atoms in total. The van der Waals surface area contributed by atoms with Crippen molar-refractivity contribution in [2.75, 3.05) is 33.3 Å². The van der Waals surface area contributed by atoms with Gasteiger partial charge < -0.3 is 29.5 Å². The molecule has 35 heavy (non-hydrogen) atoms. The highest BCUT2D eigenvalue weighted by atomic mass is 16.5. The number of Topliss-reactive ketones (excluding diaryl/α,β-unsaturated/α-hetero) is 1. The Bertz CT molecular complexity index is 1170. The van der Waals surface area contributed by atoms with Crippen LogP contribution in [0.4, 0.5) is 0 Å². The number of aliphatic hydroxyl groups is 1. The first-order chi connectivity index (χ1) is 16.8. The molecule has 4 rings (SSSR count). The molecule has 2 aliphatic heterocycles. The van der Waals surface area contributed by atoms with E-state index in [9.17, 15) is 19.8 Å². The van der Waals surface area contributed by atoms with E-state index in [0.29, 0.717) is 30.6 Å². The zero-order valence-corrected chi connectivity index (χ0v) is 20.6. The number of likely N-dealkylation sites (N-methyl/N-ethyl adjacent to an activating group) is 1. The summed E-state index contributed by atoms with van der Waals surface area (Å²) in [4.78, 5) is 30.1. The Morgan fingerprint density at radius 1 is 1.17 bits per heavy atom. The molecule has 0 radical (unpaired) electrons. The van der Waals surface area contributed by atoms with Crippen LogP contribution in [-0.4, -0.2) is 71.1 Å². The monoisotopic (exact) mass is 480 g/mol. The van der Waals surface area contributed by atoms with Crippen molar-refractivity contribution in [2.45, 2.75) is 39.3 Å². The first kappa shape index (κ1) is 24.6. The summed E-state index contributed by atoms with van der Waals surface area (Å²) in [5, 5.41) is 21.5. The van der Waals surface area contributed by atoms with Crippen LogP contribution < -0.4 is 9.47 Å². The summed E-state index contributed by atoms with van der Waals surface area (Å²) >= 11 is 0. The zero-order chi connectivity index (χ0) is 25.3. The molecule has 186 valence electrons. The van der Waals surface area contributed by atoms with Gasteiger partial charge in [0, 0.05) is 25.1 Å². The van der Waals surface area contributed by atoms with Gasteiger partial charge in [-0.2, -0.15) is 0 Å². The highest BCUT2D eigenvalue weighted by molar-refractivity contribution is 6.46. The number of aromatic hydroxyl groups is 1. The lowest BCUT2D eigenvalue weighted by Gasteiger charge is -2.28. The highest BCUT2D eigenvalue weighted by Crippen LogP contribution is 2.42. The molecule has 2 atom stereocenters. The first-order valence-electron chi connectivity index (χ1n) is 12.0. The quantitative estimate of drug-likeness (QED) is 0.339. The molecule has 0 aromatic heterocycles. The number of benzene rings is 2. The van der Waals surface area contributed by atoms with Gasteiger partial charge in [0.2, 0.25) is 0 Å². The van der Waals surface area contributed by atoms with Crippen molar-refractivity contribution >= 4 is 17.4 Å². The molecule has 0 aliphatic carbocycles. The second-order valence-electron chi connectivity index (χ2n) is 8.91. The van der Waals surface area contributed by atoms with E-state index in [4.69, 9.17) is 9.47 Å². The molecule has 2 aliphatic rings.